The van der Waals surface area contributed by atoms with Gasteiger partial charge in [0.15, 0.2) is 5.58 Å². The molecule has 4 rings (SSSR count). The number of carbonyl (C=O) groups is 1. The predicted octanol–water partition coefficient (Wildman–Crippen LogP) is 3.01. The third kappa shape index (κ3) is 4.05. The van der Waals surface area contributed by atoms with Gasteiger partial charge in [-0.25, -0.2) is 4.79 Å². The standard InChI is InChI=1S/C21H22BrN3O3/c1-15-2-4-16(5-3-15)12-20(26)24-10-8-23(9-11-24)14-25-18-7-6-17(22)13-19(18)28-21(25)27/h2-7,13H,8-12,14H2,1H3. The highest BCUT2D eigenvalue weighted by Crippen LogP contribution is 2.19. The van der Waals surface area contributed by atoms with Crippen LogP contribution in [0.4, 0.5) is 0 Å². The predicted molar refractivity (Wildman–Crippen MR) is 111 cm³/mol. The lowest BCUT2D eigenvalue weighted by Gasteiger charge is -2.34. The van der Waals surface area contributed by atoms with Gasteiger partial charge in [0.2, 0.25) is 5.91 Å². The number of fused-ring (bicyclic) bond motifs is 1. The zero-order valence-corrected chi connectivity index (χ0v) is 17.3. The van der Waals surface area contributed by atoms with Crippen molar-refractivity contribution in [1.29, 1.82) is 0 Å². The molecule has 0 aliphatic carbocycles. The normalized spacial score (nSPS) is 15.3. The van der Waals surface area contributed by atoms with Gasteiger partial charge in [-0.1, -0.05) is 45.8 Å². The summed E-state index contributed by atoms with van der Waals surface area (Å²) in [5.41, 5.74) is 3.59. The second-order valence-electron chi connectivity index (χ2n) is 7.21. The van der Waals surface area contributed by atoms with Crippen molar-refractivity contribution in [1.82, 2.24) is 14.4 Å². The molecule has 0 spiro atoms. The largest absolute Gasteiger partial charge is 0.421 e. The van der Waals surface area contributed by atoms with Gasteiger partial charge >= 0.3 is 5.76 Å². The molecule has 2 heterocycles. The Morgan fingerprint density at radius 1 is 1.07 bits per heavy atom. The first-order chi connectivity index (χ1) is 13.5. The van der Waals surface area contributed by atoms with E-state index in [1.165, 1.54) is 5.56 Å². The van der Waals surface area contributed by atoms with Crippen molar-refractivity contribution in [3.05, 3.63) is 68.6 Å². The Labute approximate surface area is 171 Å². The summed E-state index contributed by atoms with van der Waals surface area (Å²) in [6.07, 6.45) is 0.432. The Balaban J connectivity index is 1.37. The number of oxazole rings is 1. The highest BCUT2D eigenvalue weighted by Gasteiger charge is 2.22. The Hall–Kier alpha value is -2.38. The van der Waals surface area contributed by atoms with Crippen LogP contribution in [0, 0.1) is 6.92 Å². The topological polar surface area (TPSA) is 58.7 Å². The van der Waals surface area contributed by atoms with Crippen molar-refractivity contribution in [2.45, 2.75) is 20.0 Å². The van der Waals surface area contributed by atoms with Crippen LogP contribution < -0.4 is 5.76 Å². The smallest absolute Gasteiger partial charge is 0.408 e. The first-order valence-electron chi connectivity index (χ1n) is 9.34. The second-order valence-corrected chi connectivity index (χ2v) is 8.13. The molecule has 0 saturated carbocycles. The van der Waals surface area contributed by atoms with E-state index >= 15 is 0 Å². The molecule has 0 radical (unpaired) electrons. The highest BCUT2D eigenvalue weighted by molar-refractivity contribution is 9.10. The molecule has 0 atom stereocenters. The SMILES string of the molecule is Cc1ccc(CC(=O)N2CCN(Cn3c(=O)oc4cc(Br)ccc43)CC2)cc1. The molecule has 3 aromatic rings. The number of aromatic nitrogens is 1. The lowest BCUT2D eigenvalue weighted by molar-refractivity contribution is -0.132. The summed E-state index contributed by atoms with van der Waals surface area (Å²) < 4.78 is 7.86. The number of aryl methyl sites for hydroxylation is 1. The van der Waals surface area contributed by atoms with Crippen LogP contribution >= 0.6 is 15.9 Å². The maximum Gasteiger partial charge on any atom is 0.421 e. The summed E-state index contributed by atoms with van der Waals surface area (Å²) in [5.74, 6) is -0.203. The first-order valence-corrected chi connectivity index (χ1v) is 10.1. The molecule has 1 saturated heterocycles. The number of rotatable bonds is 4. The summed E-state index contributed by atoms with van der Waals surface area (Å²) in [7, 11) is 0. The summed E-state index contributed by atoms with van der Waals surface area (Å²) >= 11 is 3.39. The first kappa shape index (κ1) is 19.0. The average molecular weight is 444 g/mol. The maximum atomic E-state index is 12.6. The number of amides is 1. The van der Waals surface area contributed by atoms with Crippen molar-refractivity contribution < 1.29 is 9.21 Å². The minimum atomic E-state index is -0.356. The Morgan fingerprint density at radius 2 is 1.79 bits per heavy atom. The molecule has 1 aliphatic heterocycles. The number of piperazine rings is 1. The van der Waals surface area contributed by atoms with Crippen molar-refractivity contribution in [2.24, 2.45) is 0 Å². The zero-order chi connectivity index (χ0) is 19.7. The minimum absolute atomic E-state index is 0.152. The molecule has 2 aromatic carbocycles. The molecule has 0 unspecified atom stereocenters. The highest BCUT2D eigenvalue weighted by atomic mass is 79.9. The number of halogens is 1. The molecular formula is C21H22BrN3O3. The Bertz CT molecular complexity index is 1050. The Kier molecular flexibility index (Phi) is 5.37. The second kappa shape index (κ2) is 7.93. The lowest BCUT2D eigenvalue weighted by Crippen LogP contribution is -2.49. The number of benzene rings is 2. The number of hydrogen-bond acceptors (Lipinski definition) is 4. The molecule has 1 aromatic heterocycles. The quantitative estimate of drug-likeness (QED) is 0.621. The molecule has 6 nitrogen and oxygen atoms in total. The fourth-order valence-corrected chi connectivity index (χ4v) is 3.85. The number of carbonyl (C=O) groups excluding carboxylic acids is 1. The average Bonchev–Trinajstić information content (AvgIpc) is 2.98. The summed E-state index contributed by atoms with van der Waals surface area (Å²) in [4.78, 5) is 28.9. The van der Waals surface area contributed by atoms with E-state index in [0.29, 0.717) is 31.8 Å². The summed E-state index contributed by atoms with van der Waals surface area (Å²) in [5, 5.41) is 0. The molecule has 0 N–H and O–H groups in total. The third-order valence-electron chi connectivity index (χ3n) is 5.17. The molecular weight excluding hydrogens is 422 g/mol. The van der Waals surface area contributed by atoms with Crippen molar-refractivity contribution >= 4 is 32.9 Å². The van der Waals surface area contributed by atoms with Crippen LogP contribution in [0.5, 0.6) is 0 Å². The fraction of sp³-hybridized carbons (Fsp3) is 0.333. The van der Waals surface area contributed by atoms with E-state index in [1.807, 2.05) is 48.2 Å². The van der Waals surface area contributed by atoms with Crippen molar-refractivity contribution in [3.63, 3.8) is 0 Å². The van der Waals surface area contributed by atoms with Gasteiger partial charge in [-0.05, 0) is 30.7 Å². The van der Waals surface area contributed by atoms with Gasteiger partial charge < -0.3 is 9.32 Å². The van der Waals surface area contributed by atoms with E-state index in [-0.39, 0.29) is 11.7 Å². The van der Waals surface area contributed by atoms with Gasteiger partial charge in [0, 0.05) is 30.7 Å². The van der Waals surface area contributed by atoms with E-state index in [1.54, 1.807) is 10.6 Å². The van der Waals surface area contributed by atoms with Crippen LogP contribution in [0.25, 0.3) is 11.1 Å². The molecule has 0 bridgehead atoms. The van der Waals surface area contributed by atoms with Crippen LogP contribution in [0.2, 0.25) is 0 Å². The van der Waals surface area contributed by atoms with Gasteiger partial charge in [0.1, 0.15) is 0 Å². The molecule has 1 aliphatic rings. The van der Waals surface area contributed by atoms with E-state index in [4.69, 9.17) is 4.42 Å². The third-order valence-corrected chi connectivity index (χ3v) is 5.67. The number of nitrogens with zero attached hydrogens (tertiary/aromatic N) is 3. The zero-order valence-electron chi connectivity index (χ0n) is 15.7. The van der Waals surface area contributed by atoms with E-state index in [9.17, 15) is 9.59 Å². The summed E-state index contributed by atoms with van der Waals surface area (Å²) in [6, 6.07) is 13.7. The van der Waals surface area contributed by atoms with Gasteiger partial charge in [0.25, 0.3) is 0 Å². The lowest BCUT2D eigenvalue weighted by atomic mass is 10.1. The van der Waals surface area contributed by atoms with Gasteiger partial charge in [-0.3, -0.25) is 14.3 Å². The van der Waals surface area contributed by atoms with E-state index in [2.05, 4.69) is 20.8 Å². The van der Waals surface area contributed by atoms with Gasteiger partial charge in [-0.2, -0.15) is 0 Å². The fourth-order valence-electron chi connectivity index (χ4n) is 3.51. The van der Waals surface area contributed by atoms with Crippen LogP contribution in [-0.2, 0) is 17.9 Å². The molecule has 28 heavy (non-hydrogen) atoms. The minimum Gasteiger partial charge on any atom is -0.408 e. The van der Waals surface area contributed by atoms with E-state index < -0.39 is 0 Å². The van der Waals surface area contributed by atoms with Crippen LogP contribution in [0.15, 0.2) is 56.1 Å². The van der Waals surface area contributed by atoms with Crippen LogP contribution in [0.3, 0.4) is 0 Å². The van der Waals surface area contributed by atoms with Gasteiger partial charge in [-0.15, -0.1) is 0 Å². The monoisotopic (exact) mass is 443 g/mol. The van der Waals surface area contributed by atoms with Crippen molar-refractivity contribution in [3.8, 4) is 0 Å². The van der Waals surface area contributed by atoms with Gasteiger partial charge in [0.05, 0.1) is 18.6 Å². The van der Waals surface area contributed by atoms with Crippen LogP contribution in [0.1, 0.15) is 11.1 Å². The van der Waals surface area contributed by atoms with Crippen molar-refractivity contribution in [2.75, 3.05) is 26.2 Å². The maximum absolute atomic E-state index is 12.6. The molecule has 146 valence electrons. The molecule has 1 amide bonds. The molecule has 1 fully saturated rings. The summed E-state index contributed by atoms with van der Waals surface area (Å²) in [6.45, 7) is 5.30. The Morgan fingerprint density at radius 3 is 2.50 bits per heavy atom. The molecule has 7 heteroatoms. The van der Waals surface area contributed by atoms with Crippen LogP contribution in [-0.4, -0.2) is 46.5 Å². The van der Waals surface area contributed by atoms with E-state index in [0.717, 1.165) is 28.6 Å². The number of hydrogen-bond donors (Lipinski definition) is 0.